The van der Waals surface area contributed by atoms with E-state index in [0.29, 0.717) is 0 Å². The van der Waals surface area contributed by atoms with Crippen molar-refractivity contribution in [3.05, 3.63) is 24.2 Å². The summed E-state index contributed by atoms with van der Waals surface area (Å²) in [6, 6.07) is -0.173. The molecule has 0 spiro atoms. The Kier molecular flexibility index (Phi) is 4.05. The Labute approximate surface area is 122 Å². The topological polar surface area (TPSA) is 101 Å². The minimum absolute atomic E-state index is 0.115. The summed E-state index contributed by atoms with van der Waals surface area (Å²) in [5.41, 5.74) is -3.78. The van der Waals surface area contributed by atoms with Crippen LogP contribution in [0.25, 0.3) is 0 Å². The summed E-state index contributed by atoms with van der Waals surface area (Å²) in [6.07, 6.45) is -4.13. The van der Waals surface area contributed by atoms with Gasteiger partial charge in [0.2, 0.25) is 0 Å². The number of hydrogen-bond donors (Lipinski definition) is 3. The van der Waals surface area contributed by atoms with Gasteiger partial charge in [0.05, 0.1) is 12.9 Å². The molecule has 0 aromatic carbocycles. The number of alkyl halides is 3. The van der Waals surface area contributed by atoms with Crippen LogP contribution in [0.4, 0.5) is 18.0 Å². The first-order valence-electron chi connectivity index (χ1n) is 6.28. The lowest BCUT2D eigenvalue weighted by Crippen LogP contribution is -2.73. The number of carbonyl (C=O) groups excluding carboxylic acids is 2. The van der Waals surface area contributed by atoms with Crippen LogP contribution < -0.4 is 10.6 Å². The van der Waals surface area contributed by atoms with E-state index in [2.05, 4.69) is 10.1 Å². The SMILES string of the molecule is CCOC(=O)C1C(c2ccco2)NC(=O)NC1(O)C(F)(F)F. The van der Waals surface area contributed by atoms with E-state index in [1.54, 1.807) is 0 Å². The Morgan fingerprint density at radius 1 is 1.55 bits per heavy atom. The van der Waals surface area contributed by atoms with E-state index < -0.39 is 35.9 Å². The summed E-state index contributed by atoms with van der Waals surface area (Å²) in [5.74, 6) is -3.61. The fraction of sp³-hybridized carbons (Fsp3) is 0.500. The second kappa shape index (κ2) is 5.52. The van der Waals surface area contributed by atoms with E-state index in [-0.39, 0.29) is 12.4 Å². The summed E-state index contributed by atoms with van der Waals surface area (Å²) in [6.45, 7) is 1.21. The van der Waals surface area contributed by atoms with Crippen molar-refractivity contribution in [1.29, 1.82) is 0 Å². The first kappa shape index (κ1) is 16.1. The Bertz CT molecular complexity index is 560. The van der Waals surface area contributed by atoms with E-state index >= 15 is 0 Å². The van der Waals surface area contributed by atoms with Crippen LogP contribution in [0.5, 0.6) is 0 Å². The highest BCUT2D eigenvalue weighted by atomic mass is 19.4. The van der Waals surface area contributed by atoms with Crippen LogP contribution in [0, 0.1) is 5.92 Å². The van der Waals surface area contributed by atoms with Gasteiger partial charge in [0.15, 0.2) is 0 Å². The molecule has 1 fully saturated rings. The zero-order valence-electron chi connectivity index (χ0n) is 11.3. The second-order valence-electron chi connectivity index (χ2n) is 4.59. The van der Waals surface area contributed by atoms with Crippen molar-refractivity contribution >= 4 is 12.0 Å². The van der Waals surface area contributed by atoms with Gasteiger partial charge in [-0.2, -0.15) is 13.2 Å². The smallest absolute Gasteiger partial charge is 0.437 e. The normalized spacial score (nSPS) is 28.7. The van der Waals surface area contributed by atoms with Crippen LogP contribution >= 0.6 is 0 Å². The lowest BCUT2D eigenvalue weighted by Gasteiger charge is -2.43. The maximum absolute atomic E-state index is 13.2. The molecule has 0 aliphatic carbocycles. The highest BCUT2D eigenvalue weighted by molar-refractivity contribution is 5.83. The molecule has 0 radical (unpaired) electrons. The van der Waals surface area contributed by atoms with Crippen molar-refractivity contribution < 1.29 is 37.0 Å². The molecule has 0 saturated carbocycles. The van der Waals surface area contributed by atoms with Gasteiger partial charge in [0, 0.05) is 0 Å². The number of nitrogens with one attached hydrogen (secondary N) is 2. The van der Waals surface area contributed by atoms with Crippen molar-refractivity contribution in [1.82, 2.24) is 10.6 Å². The van der Waals surface area contributed by atoms with Crippen molar-refractivity contribution in [2.45, 2.75) is 24.9 Å². The standard InChI is InChI=1S/C12H13F3N2O5/c1-2-21-9(18)7-8(6-4-3-5-22-6)16-10(19)17-11(7,20)12(13,14)15/h3-5,7-8,20H,2H2,1H3,(H2,16,17,19). The summed E-state index contributed by atoms with van der Waals surface area (Å²) in [7, 11) is 0. The van der Waals surface area contributed by atoms with Crippen molar-refractivity contribution in [3.8, 4) is 0 Å². The average molecular weight is 322 g/mol. The number of rotatable bonds is 3. The predicted octanol–water partition coefficient (Wildman–Crippen LogP) is 1.06. The fourth-order valence-electron chi connectivity index (χ4n) is 2.24. The van der Waals surface area contributed by atoms with Gasteiger partial charge < -0.3 is 24.9 Å². The molecule has 10 heteroatoms. The molecule has 3 atom stereocenters. The molecule has 2 amide bonds. The third-order valence-electron chi connectivity index (χ3n) is 3.20. The van der Waals surface area contributed by atoms with Gasteiger partial charge in [-0.05, 0) is 19.1 Å². The molecule has 122 valence electrons. The van der Waals surface area contributed by atoms with Gasteiger partial charge >= 0.3 is 18.2 Å². The molecule has 1 aliphatic rings. The maximum Gasteiger partial charge on any atom is 0.437 e. The zero-order valence-corrected chi connectivity index (χ0v) is 11.3. The number of halogens is 3. The van der Waals surface area contributed by atoms with E-state index in [1.807, 2.05) is 0 Å². The van der Waals surface area contributed by atoms with Crippen molar-refractivity contribution in [2.24, 2.45) is 5.92 Å². The molecular formula is C12H13F3N2O5. The lowest BCUT2D eigenvalue weighted by molar-refractivity contribution is -0.294. The molecule has 1 aromatic rings. The van der Waals surface area contributed by atoms with E-state index in [9.17, 15) is 27.9 Å². The molecule has 1 saturated heterocycles. The molecule has 1 aromatic heterocycles. The number of amides is 2. The minimum Gasteiger partial charge on any atom is -0.467 e. The molecular weight excluding hydrogens is 309 g/mol. The Morgan fingerprint density at radius 3 is 2.73 bits per heavy atom. The first-order chi connectivity index (χ1) is 10.2. The Morgan fingerprint density at radius 2 is 2.23 bits per heavy atom. The van der Waals surface area contributed by atoms with Gasteiger partial charge in [0.25, 0.3) is 5.72 Å². The molecule has 2 heterocycles. The number of ether oxygens (including phenoxy) is 1. The molecule has 1 aliphatic heterocycles. The number of aliphatic hydroxyl groups is 1. The molecule has 0 bridgehead atoms. The summed E-state index contributed by atoms with van der Waals surface area (Å²) < 4.78 is 49.3. The van der Waals surface area contributed by atoms with Crippen LogP contribution in [-0.4, -0.2) is 35.6 Å². The Balaban J connectivity index is 2.51. The number of carbonyl (C=O) groups is 2. The predicted molar refractivity (Wildman–Crippen MR) is 64.2 cm³/mol. The monoisotopic (exact) mass is 322 g/mol. The molecule has 3 N–H and O–H groups in total. The summed E-state index contributed by atoms with van der Waals surface area (Å²) in [5, 5.41) is 13.4. The van der Waals surface area contributed by atoms with Crippen molar-refractivity contribution in [3.63, 3.8) is 0 Å². The van der Waals surface area contributed by atoms with Gasteiger partial charge in [-0.15, -0.1) is 0 Å². The van der Waals surface area contributed by atoms with Gasteiger partial charge in [-0.1, -0.05) is 0 Å². The average Bonchev–Trinajstić information content (AvgIpc) is 2.90. The number of urea groups is 1. The third-order valence-corrected chi connectivity index (χ3v) is 3.20. The Hall–Kier alpha value is -2.23. The second-order valence-corrected chi connectivity index (χ2v) is 4.59. The fourth-order valence-corrected chi connectivity index (χ4v) is 2.24. The van der Waals surface area contributed by atoms with Gasteiger partial charge in [-0.25, -0.2) is 4.79 Å². The number of hydrogen-bond acceptors (Lipinski definition) is 5. The van der Waals surface area contributed by atoms with Gasteiger partial charge in [0.1, 0.15) is 17.7 Å². The summed E-state index contributed by atoms with van der Waals surface area (Å²) >= 11 is 0. The van der Waals surface area contributed by atoms with Crippen LogP contribution in [0.3, 0.4) is 0 Å². The highest BCUT2D eigenvalue weighted by Crippen LogP contribution is 2.43. The lowest BCUT2D eigenvalue weighted by atomic mass is 9.84. The molecule has 22 heavy (non-hydrogen) atoms. The molecule has 3 unspecified atom stereocenters. The highest BCUT2D eigenvalue weighted by Gasteiger charge is 2.67. The molecule has 2 rings (SSSR count). The van der Waals surface area contributed by atoms with Crippen LogP contribution in [0.2, 0.25) is 0 Å². The van der Waals surface area contributed by atoms with Gasteiger partial charge in [-0.3, -0.25) is 4.79 Å². The maximum atomic E-state index is 13.2. The largest absolute Gasteiger partial charge is 0.467 e. The van der Waals surface area contributed by atoms with Crippen LogP contribution in [0.1, 0.15) is 18.7 Å². The number of furan rings is 1. The number of esters is 1. The quantitative estimate of drug-likeness (QED) is 0.723. The zero-order chi connectivity index (χ0) is 16.5. The molecule has 7 nitrogen and oxygen atoms in total. The third kappa shape index (κ3) is 2.61. The van der Waals surface area contributed by atoms with Crippen molar-refractivity contribution in [2.75, 3.05) is 6.61 Å². The van der Waals surface area contributed by atoms with Crippen LogP contribution in [0.15, 0.2) is 22.8 Å². The van der Waals surface area contributed by atoms with E-state index in [0.717, 1.165) is 0 Å². The van der Waals surface area contributed by atoms with Crippen LogP contribution in [-0.2, 0) is 9.53 Å². The van der Waals surface area contributed by atoms with E-state index in [4.69, 9.17) is 4.42 Å². The minimum atomic E-state index is -5.30. The first-order valence-corrected chi connectivity index (χ1v) is 6.28. The summed E-state index contributed by atoms with van der Waals surface area (Å²) in [4.78, 5) is 23.4. The van der Waals surface area contributed by atoms with E-state index in [1.165, 1.54) is 30.6 Å².